The number of nitro benzene ring substituents is 1. The lowest BCUT2D eigenvalue weighted by molar-refractivity contribution is -0.428. The zero-order valence-electron chi connectivity index (χ0n) is 13.1. The Morgan fingerprint density at radius 2 is 1.31 bits per heavy atom. The van der Waals surface area contributed by atoms with Crippen LogP contribution in [0.2, 0.25) is 0 Å². The molecule has 9 nitrogen and oxygen atoms in total. The van der Waals surface area contributed by atoms with Crippen molar-refractivity contribution in [1.82, 2.24) is 0 Å². The number of hydrogen-bond donors (Lipinski definition) is 2. The van der Waals surface area contributed by atoms with Gasteiger partial charge in [0, 0.05) is 31.6 Å². The Morgan fingerprint density at radius 1 is 0.885 bits per heavy atom. The number of carbonyl (C=O) groups is 2. The standard InChI is InChI=1S/C15H10N2O7S2/c1-16(22)12-4-2-8(6-10(12)14(18)19)25-26-9-3-5-13(17(23)24)11(7-9)15(20)21/h2-7H,1H3,(H-,18,19,20,21)/p+1. The second-order valence-electron chi connectivity index (χ2n) is 4.89. The molecule has 0 aliphatic rings. The third-order valence-electron chi connectivity index (χ3n) is 3.17. The van der Waals surface area contributed by atoms with Crippen LogP contribution in [0.5, 0.6) is 0 Å². The molecule has 0 bridgehead atoms. The predicted octanol–water partition coefficient (Wildman–Crippen LogP) is 3.83. The topological polar surface area (TPSA) is 138 Å². The summed E-state index contributed by atoms with van der Waals surface area (Å²) in [7, 11) is 3.42. The lowest BCUT2D eigenvalue weighted by atomic mass is 10.2. The molecule has 2 N–H and O–H groups in total. The number of benzene rings is 2. The fourth-order valence-corrected chi connectivity index (χ4v) is 3.98. The monoisotopic (exact) mass is 395 g/mol. The van der Waals surface area contributed by atoms with Gasteiger partial charge in [0.1, 0.15) is 11.1 Å². The average Bonchev–Trinajstić information content (AvgIpc) is 2.59. The van der Waals surface area contributed by atoms with Gasteiger partial charge in [0.2, 0.25) is 0 Å². The second kappa shape index (κ2) is 7.97. The number of rotatable bonds is 7. The van der Waals surface area contributed by atoms with E-state index in [1.165, 1.54) is 31.3 Å². The molecule has 0 atom stereocenters. The van der Waals surface area contributed by atoms with E-state index in [-0.39, 0.29) is 11.3 Å². The average molecular weight is 395 g/mol. The van der Waals surface area contributed by atoms with Crippen LogP contribution < -0.4 is 0 Å². The molecular weight excluding hydrogens is 384 g/mol. The van der Waals surface area contributed by atoms with E-state index in [9.17, 15) is 29.7 Å². The molecule has 26 heavy (non-hydrogen) atoms. The van der Waals surface area contributed by atoms with Gasteiger partial charge in [-0.1, -0.05) is 21.6 Å². The minimum absolute atomic E-state index is 0.00958. The minimum atomic E-state index is -1.42. The summed E-state index contributed by atoms with van der Waals surface area (Å²) >= 11 is 0. The molecule has 0 unspecified atom stereocenters. The van der Waals surface area contributed by atoms with Crippen LogP contribution in [0, 0.1) is 15.0 Å². The summed E-state index contributed by atoms with van der Waals surface area (Å²) in [4.78, 5) is 44.8. The molecule has 0 radical (unpaired) electrons. The summed E-state index contributed by atoms with van der Waals surface area (Å²) in [6, 6.07) is 7.93. The predicted molar refractivity (Wildman–Crippen MR) is 94.4 cm³/mol. The number of nitroso groups, excluding NO2 is 1. The maximum absolute atomic E-state index is 11.4. The molecular formula is C15H11N2O7S2+. The number of nitrogens with zero attached hydrogens (tertiary/aromatic N) is 2. The molecule has 2 rings (SSSR count). The van der Waals surface area contributed by atoms with Crippen LogP contribution in [-0.2, 0) is 0 Å². The highest BCUT2D eigenvalue weighted by atomic mass is 33.1. The summed E-state index contributed by atoms with van der Waals surface area (Å²) in [5.74, 6) is -2.67. The fourth-order valence-electron chi connectivity index (χ4n) is 2.01. The van der Waals surface area contributed by atoms with Crippen molar-refractivity contribution in [3.63, 3.8) is 0 Å². The van der Waals surface area contributed by atoms with E-state index in [0.717, 1.165) is 27.7 Å². The van der Waals surface area contributed by atoms with Gasteiger partial charge in [0.05, 0.1) is 4.92 Å². The summed E-state index contributed by atoms with van der Waals surface area (Å²) in [5, 5.41) is 29.1. The first-order valence-electron chi connectivity index (χ1n) is 6.85. The summed E-state index contributed by atoms with van der Waals surface area (Å²) in [6.45, 7) is 0. The number of hydrogen-bond acceptors (Lipinski definition) is 7. The van der Waals surface area contributed by atoms with Crippen molar-refractivity contribution in [1.29, 1.82) is 0 Å². The molecule has 0 amide bonds. The quantitative estimate of drug-likeness (QED) is 0.310. The van der Waals surface area contributed by atoms with Crippen LogP contribution in [0.3, 0.4) is 0 Å². The van der Waals surface area contributed by atoms with Crippen LogP contribution in [0.15, 0.2) is 46.2 Å². The van der Waals surface area contributed by atoms with Gasteiger partial charge in [0.15, 0.2) is 7.05 Å². The minimum Gasteiger partial charge on any atom is -0.477 e. The van der Waals surface area contributed by atoms with Gasteiger partial charge in [-0.05, 0) is 24.3 Å². The zero-order chi connectivity index (χ0) is 19.4. The maximum atomic E-state index is 11.4. The molecule has 0 saturated carbocycles. The Balaban J connectivity index is 2.26. The van der Waals surface area contributed by atoms with Gasteiger partial charge < -0.3 is 10.2 Å². The molecule has 0 spiro atoms. The summed E-state index contributed by atoms with van der Waals surface area (Å²) in [5.41, 5.74) is -1.10. The Morgan fingerprint density at radius 3 is 1.69 bits per heavy atom. The van der Waals surface area contributed by atoms with Gasteiger partial charge in [-0.2, -0.15) is 0 Å². The molecule has 0 heterocycles. The molecule has 2 aromatic rings. The smallest absolute Gasteiger partial charge is 0.342 e. The first kappa shape index (κ1) is 19.4. The van der Waals surface area contributed by atoms with Crippen LogP contribution in [0.4, 0.5) is 11.4 Å². The highest BCUT2D eigenvalue weighted by molar-refractivity contribution is 8.76. The highest BCUT2D eigenvalue weighted by Gasteiger charge is 2.22. The fraction of sp³-hybridized carbons (Fsp3) is 0.0667. The van der Waals surface area contributed by atoms with Crippen LogP contribution in [0.1, 0.15) is 20.7 Å². The molecule has 0 aliphatic heterocycles. The van der Waals surface area contributed by atoms with E-state index in [0.29, 0.717) is 14.6 Å². The first-order valence-corrected chi connectivity index (χ1v) is 9.00. The van der Waals surface area contributed by atoms with Gasteiger partial charge >= 0.3 is 11.9 Å². The second-order valence-corrected chi connectivity index (χ2v) is 7.17. The lowest BCUT2D eigenvalue weighted by Crippen LogP contribution is -2.03. The maximum Gasteiger partial charge on any atom is 0.342 e. The van der Waals surface area contributed by atoms with Crippen molar-refractivity contribution >= 4 is 44.9 Å². The number of nitro groups is 1. The third-order valence-corrected chi connectivity index (χ3v) is 5.55. The van der Waals surface area contributed by atoms with E-state index in [1.54, 1.807) is 6.07 Å². The Kier molecular flexibility index (Phi) is 5.95. The van der Waals surface area contributed by atoms with E-state index >= 15 is 0 Å². The third kappa shape index (κ3) is 4.37. The van der Waals surface area contributed by atoms with E-state index in [2.05, 4.69) is 0 Å². The van der Waals surface area contributed by atoms with Crippen LogP contribution in [-0.4, -0.2) is 38.9 Å². The SMILES string of the molecule is C[N+](=O)c1ccc(SSc2ccc([N+](=O)[O-])c(C(=O)O)c2)cc1C(=O)O. The molecule has 2 aromatic carbocycles. The summed E-state index contributed by atoms with van der Waals surface area (Å²) < 4.78 is 0.445. The molecule has 0 fully saturated rings. The normalized spacial score (nSPS) is 10.3. The van der Waals surface area contributed by atoms with Crippen molar-refractivity contribution in [2.24, 2.45) is 0 Å². The van der Waals surface area contributed by atoms with Crippen molar-refractivity contribution < 1.29 is 29.5 Å². The Hall–Kier alpha value is -2.92. The van der Waals surface area contributed by atoms with E-state index in [4.69, 9.17) is 5.11 Å². The number of carboxylic acid groups (broad SMARTS) is 2. The zero-order valence-corrected chi connectivity index (χ0v) is 14.7. The number of aromatic carboxylic acids is 2. The largest absolute Gasteiger partial charge is 0.477 e. The highest BCUT2D eigenvalue weighted by Crippen LogP contribution is 2.40. The molecule has 11 heteroatoms. The number of carboxylic acids is 2. The van der Waals surface area contributed by atoms with Crippen molar-refractivity contribution in [2.45, 2.75) is 9.79 Å². The Bertz CT molecular complexity index is 855. The molecule has 0 aromatic heterocycles. The van der Waals surface area contributed by atoms with Gasteiger partial charge in [-0.25, -0.2) is 9.59 Å². The molecule has 134 valence electrons. The molecule has 0 aliphatic carbocycles. The van der Waals surface area contributed by atoms with Crippen LogP contribution in [0.25, 0.3) is 0 Å². The van der Waals surface area contributed by atoms with Crippen molar-refractivity contribution in [2.75, 3.05) is 7.05 Å². The lowest BCUT2D eigenvalue weighted by Gasteiger charge is -2.05. The van der Waals surface area contributed by atoms with Gasteiger partial charge in [-0.15, -0.1) is 0 Å². The Labute approximate surface area is 154 Å². The summed E-state index contributed by atoms with van der Waals surface area (Å²) in [6.07, 6.45) is 0. The molecule has 0 saturated heterocycles. The van der Waals surface area contributed by atoms with Crippen molar-refractivity contribution in [3.05, 3.63) is 62.5 Å². The van der Waals surface area contributed by atoms with Gasteiger partial charge in [-0.3, -0.25) is 10.1 Å². The van der Waals surface area contributed by atoms with E-state index < -0.39 is 28.1 Å². The van der Waals surface area contributed by atoms with Crippen molar-refractivity contribution in [3.8, 4) is 0 Å². The van der Waals surface area contributed by atoms with E-state index in [1.807, 2.05) is 0 Å². The van der Waals surface area contributed by atoms with Crippen LogP contribution >= 0.6 is 21.6 Å². The van der Waals surface area contributed by atoms with Gasteiger partial charge in [0.25, 0.3) is 11.4 Å². The first-order chi connectivity index (χ1) is 12.2.